The van der Waals surface area contributed by atoms with Gasteiger partial charge in [0.15, 0.2) is 6.29 Å². The molecule has 1 rings (SSSR count). The molecule has 0 radical (unpaired) electrons. The van der Waals surface area contributed by atoms with Crippen LogP contribution in [0.2, 0.25) is 0 Å². The van der Waals surface area contributed by atoms with Crippen LogP contribution in [0.5, 0.6) is 0 Å². The van der Waals surface area contributed by atoms with Gasteiger partial charge in [0.1, 0.15) is 12.9 Å². The van der Waals surface area contributed by atoms with Gasteiger partial charge in [-0.25, -0.2) is 0 Å². The highest BCUT2D eigenvalue weighted by Gasteiger charge is 2.00. The van der Waals surface area contributed by atoms with Crippen LogP contribution < -0.4 is 0 Å². The summed E-state index contributed by atoms with van der Waals surface area (Å²) in [6.45, 7) is 5.60. The maximum absolute atomic E-state index is 5.42. The van der Waals surface area contributed by atoms with E-state index in [1.807, 2.05) is 32.0 Å². The number of hydrogen-bond donors (Lipinski definition) is 0. The van der Waals surface area contributed by atoms with Gasteiger partial charge < -0.3 is 14.2 Å². The Morgan fingerprint density at radius 3 is 2.53 bits per heavy atom. The van der Waals surface area contributed by atoms with Crippen molar-refractivity contribution in [1.29, 1.82) is 0 Å². The summed E-state index contributed by atoms with van der Waals surface area (Å²) < 4.78 is 17.3. The minimum atomic E-state index is -0.355. The Morgan fingerprint density at radius 1 is 1.21 bits per heavy atom. The zero-order valence-corrected chi connectivity index (χ0v) is 13.4. The van der Waals surface area contributed by atoms with Crippen LogP contribution in [0.1, 0.15) is 19.4 Å². The van der Waals surface area contributed by atoms with E-state index in [2.05, 4.69) is 34.4 Å². The summed E-state index contributed by atoms with van der Waals surface area (Å²) in [6.07, 6.45) is 2.89. The van der Waals surface area contributed by atoms with Gasteiger partial charge in [0.2, 0.25) is 0 Å². The van der Waals surface area contributed by atoms with E-state index in [4.69, 9.17) is 14.2 Å². The van der Waals surface area contributed by atoms with E-state index in [0.717, 1.165) is 5.56 Å². The molecule has 0 spiro atoms. The third kappa shape index (κ3) is 6.78. The van der Waals surface area contributed by atoms with E-state index in [9.17, 15) is 0 Å². The Hall–Kier alpha value is -0.810. The van der Waals surface area contributed by atoms with Gasteiger partial charge in [-0.3, -0.25) is 0 Å². The van der Waals surface area contributed by atoms with Crippen LogP contribution in [0.25, 0.3) is 0 Å². The van der Waals surface area contributed by atoms with Gasteiger partial charge in [0, 0.05) is 28.4 Å². The smallest absolute Gasteiger partial charge is 0.184 e. The molecule has 0 heterocycles. The van der Waals surface area contributed by atoms with Crippen molar-refractivity contribution < 1.29 is 14.2 Å². The zero-order chi connectivity index (χ0) is 13.9. The molecule has 0 saturated carbocycles. The summed E-state index contributed by atoms with van der Waals surface area (Å²) in [6, 6.07) is 8.11. The van der Waals surface area contributed by atoms with Crippen molar-refractivity contribution in [2.75, 3.05) is 13.2 Å². The number of hydrogen-bond acceptors (Lipinski definition) is 3. The highest BCUT2D eigenvalue weighted by Crippen LogP contribution is 2.12. The van der Waals surface area contributed by atoms with Gasteiger partial charge in [0.05, 0.1) is 0 Å². The van der Waals surface area contributed by atoms with Gasteiger partial charge in [-0.05, 0) is 42.5 Å². The third-order valence-corrected chi connectivity index (χ3v) is 3.29. The van der Waals surface area contributed by atoms with E-state index >= 15 is 0 Å². The van der Waals surface area contributed by atoms with E-state index in [1.165, 1.54) is 9.83 Å². The van der Waals surface area contributed by atoms with Crippen LogP contribution in [0.15, 0.2) is 42.3 Å². The molecule has 104 valence electrons. The van der Waals surface area contributed by atoms with Gasteiger partial charge in [0.25, 0.3) is 0 Å². The third-order valence-electron chi connectivity index (χ3n) is 2.24. The van der Waals surface area contributed by atoms with Crippen LogP contribution in [0, 0.1) is 3.57 Å². The van der Waals surface area contributed by atoms with Crippen LogP contribution in [-0.4, -0.2) is 19.5 Å². The molecule has 0 fully saturated rings. The van der Waals surface area contributed by atoms with Crippen LogP contribution in [0.3, 0.4) is 0 Å². The maximum Gasteiger partial charge on any atom is 0.184 e. The molecule has 4 heteroatoms. The Labute approximate surface area is 128 Å². The van der Waals surface area contributed by atoms with Crippen LogP contribution in [0.4, 0.5) is 0 Å². The summed E-state index contributed by atoms with van der Waals surface area (Å²) in [5.74, 6) is 0. The molecule has 0 amide bonds. The standard InChI is InChI=1S/C15H19IO3/c1-3-18-15(19-4-2)10-7-11-17-12-13-8-5-6-9-14(13)16/h5-6,8-11,15H,3-4,12H2,1-2H3. The van der Waals surface area contributed by atoms with Gasteiger partial charge >= 0.3 is 0 Å². The first-order chi connectivity index (χ1) is 9.27. The highest BCUT2D eigenvalue weighted by molar-refractivity contribution is 14.1. The Kier molecular flexibility index (Phi) is 8.58. The average molecular weight is 374 g/mol. The van der Waals surface area contributed by atoms with Crippen molar-refractivity contribution >= 4 is 22.6 Å². The molecule has 0 unspecified atom stereocenters. The molecule has 0 aliphatic carbocycles. The summed E-state index contributed by atoms with van der Waals surface area (Å²) in [7, 11) is 0. The Bertz CT molecular complexity index is 419. The lowest BCUT2D eigenvalue weighted by Crippen LogP contribution is -2.13. The molecule has 0 saturated heterocycles. The summed E-state index contributed by atoms with van der Waals surface area (Å²) in [5.41, 5.74) is 4.08. The van der Waals surface area contributed by atoms with Crippen molar-refractivity contribution in [3.63, 3.8) is 0 Å². The first kappa shape index (κ1) is 16.2. The van der Waals surface area contributed by atoms with Crippen molar-refractivity contribution in [1.82, 2.24) is 0 Å². The zero-order valence-electron chi connectivity index (χ0n) is 11.3. The maximum atomic E-state index is 5.42. The highest BCUT2D eigenvalue weighted by atomic mass is 127. The largest absolute Gasteiger partial charge is 0.488 e. The Morgan fingerprint density at radius 2 is 1.89 bits per heavy atom. The first-order valence-electron chi connectivity index (χ1n) is 6.27. The SMILES string of the molecule is CCOC(C=C=COCc1ccccc1I)OCC. The van der Waals surface area contributed by atoms with Crippen molar-refractivity contribution in [2.45, 2.75) is 26.7 Å². The lowest BCUT2D eigenvalue weighted by atomic mass is 10.2. The molecule has 0 N–H and O–H groups in total. The summed E-state index contributed by atoms with van der Waals surface area (Å²) in [5, 5.41) is 0. The fourth-order valence-corrected chi connectivity index (χ4v) is 1.93. The molecule has 0 bridgehead atoms. The topological polar surface area (TPSA) is 27.7 Å². The minimum absolute atomic E-state index is 0.355. The second-order valence-electron chi connectivity index (χ2n) is 3.63. The van der Waals surface area contributed by atoms with Crippen molar-refractivity contribution in [3.8, 4) is 0 Å². The molecule has 1 aromatic rings. The van der Waals surface area contributed by atoms with Gasteiger partial charge in [-0.2, -0.15) is 0 Å². The minimum Gasteiger partial charge on any atom is -0.488 e. The van der Waals surface area contributed by atoms with Crippen LogP contribution >= 0.6 is 22.6 Å². The predicted molar refractivity (Wildman–Crippen MR) is 83.6 cm³/mol. The molecule has 0 aromatic heterocycles. The summed E-state index contributed by atoms with van der Waals surface area (Å²) >= 11 is 2.29. The molecule has 0 atom stereocenters. The van der Waals surface area contributed by atoms with Crippen molar-refractivity contribution in [2.24, 2.45) is 0 Å². The van der Waals surface area contributed by atoms with E-state index < -0.39 is 0 Å². The molecular formula is C15H19IO3. The molecule has 1 aromatic carbocycles. The predicted octanol–water partition coefficient (Wildman–Crippen LogP) is 3.88. The number of halogens is 1. The molecule has 19 heavy (non-hydrogen) atoms. The first-order valence-corrected chi connectivity index (χ1v) is 7.35. The second-order valence-corrected chi connectivity index (χ2v) is 4.79. The van der Waals surface area contributed by atoms with Gasteiger partial charge in [-0.15, -0.1) is 0 Å². The molecular weight excluding hydrogens is 355 g/mol. The fraction of sp³-hybridized carbons (Fsp3) is 0.400. The van der Waals surface area contributed by atoms with Crippen molar-refractivity contribution in [3.05, 3.63) is 51.5 Å². The molecule has 0 aliphatic rings. The monoisotopic (exact) mass is 374 g/mol. The van der Waals surface area contributed by atoms with Crippen LogP contribution in [-0.2, 0) is 20.8 Å². The van der Waals surface area contributed by atoms with E-state index in [-0.39, 0.29) is 6.29 Å². The van der Waals surface area contributed by atoms with E-state index in [0.29, 0.717) is 19.8 Å². The van der Waals surface area contributed by atoms with E-state index in [1.54, 1.807) is 6.08 Å². The number of rotatable bonds is 8. The molecule has 3 nitrogen and oxygen atoms in total. The number of benzene rings is 1. The van der Waals surface area contributed by atoms with Gasteiger partial charge in [-0.1, -0.05) is 23.9 Å². The number of ether oxygens (including phenoxy) is 3. The lowest BCUT2D eigenvalue weighted by Gasteiger charge is -2.10. The fourth-order valence-electron chi connectivity index (χ4n) is 1.39. The Balaban J connectivity index is 2.42. The summed E-state index contributed by atoms with van der Waals surface area (Å²) in [4.78, 5) is 0. The average Bonchev–Trinajstić information content (AvgIpc) is 2.41. The lowest BCUT2D eigenvalue weighted by molar-refractivity contribution is -0.103. The normalized spacial score (nSPS) is 10.1. The second kappa shape index (κ2) is 10.0. The quantitative estimate of drug-likeness (QED) is 0.299. The molecule has 0 aliphatic heterocycles.